The lowest BCUT2D eigenvalue weighted by molar-refractivity contribution is -0.151. The number of nitrogens with two attached hydrogens (primary N) is 1. The molecule has 0 rings (SSSR count). The van der Waals surface area contributed by atoms with Crippen molar-refractivity contribution in [2.75, 3.05) is 13.1 Å². The minimum atomic E-state index is -1.20. The van der Waals surface area contributed by atoms with Crippen molar-refractivity contribution in [1.82, 2.24) is 4.90 Å². The van der Waals surface area contributed by atoms with Crippen molar-refractivity contribution in [3.63, 3.8) is 0 Å². The summed E-state index contributed by atoms with van der Waals surface area (Å²) in [7, 11) is 0. The molecule has 0 bridgehead atoms. The third kappa shape index (κ3) is 6.51. The molecule has 7 nitrogen and oxygen atoms in total. The van der Waals surface area contributed by atoms with Gasteiger partial charge < -0.3 is 20.8 Å². The van der Waals surface area contributed by atoms with Crippen LogP contribution < -0.4 is 5.73 Å². The van der Waals surface area contributed by atoms with Gasteiger partial charge in [-0.05, 0) is 18.8 Å². The first-order valence-corrected chi connectivity index (χ1v) is 6.77. The van der Waals surface area contributed by atoms with Crippen molar-refractivity contribution in [2.24, 2.45) is 11.7 Å². The molecule has 0 heterocycles. The average Bonchev–Trinajstić information content (AvgIpc) is 2.36. The van der Waals surface area contributed by atoms with Gasteiger partial charge in [0, 0.05) is 13.0 Å². The first-order chi connectivity index (χ1) is 9.33. The second-order valence-corrected chi connectivity index (χ2v) is 4.93. The van der Waals surface area contributed by atoms with E-state index in [1.807, 2.05) is 13.8 Å². The number of carbonyl (C=O) groups excluding carboxylic acids is 1. The number of hydrogen-bond acceptors (Lipinski definition) is 4. The molecule has 2 atom stereocenters. The molecular weight excluding hydrogens is 264 g/mol. The van der Waals surface area contributed by atoms with E-state index in [4.69, 9.17) is 10.8 Å². The highest BCUT2D eigenvalue weighted by atomic mass is 16.4. The molecule has 20 heavy (non-hydrogen) atoms. The van der Waals surface area contributed by atoms with Crippen LogP contribution in [0.5, 0.6) is 0 Å². The molecule has 1 amide bonds. The zero-order valence-electron chi connectivity index (χ0n) is 12.0. The number of amides is 1. The van der Waals surface area contributed by atoms with Crippen LogP contribution in [0.15, 0.2) is 0 Å². The number of carboxylic acid groups (broad SMARTS) is 2. The number of aliphatic carboxylic acids is 2. The SMILES string of the molecule is CCCC(C)CN(C(=O)CN)[C@@H](CCC(=O)O)C(=O)O. The van der Waals surface area contributed by atoms with Crippen LogP contribution in [-0.2, 0) is 14.4 Å². The Morgan fingerprint density at radius 1 is 1.20 bits per heavy atom. The van der Waals surface area contributed by atoms with Crippen molar-refractivity contribution in [3.05, 3.63) is 0 Å². The normalized spacial score (nSPS) is 13.6. The van der Waals surface area contributed by atoms with Gasteiger partial charge in [-0.15, -0.1) is 0 Å². The summed E-state index contributed by atoms with van der Waals surface area (Å²) in [5.74, 6) is -2.61. The van der Waals surface area contributed by atoms with Crippen molar-refractivity contribution >= 4 is 17.8 Å². The molecular formula is C13H24N2O5. The van der Waals surface area contributed by atoms with Gasteiger partial charge in [0.1, 0.15) is 6.04 Å². The van der Waals surface area contributed by atoms with Crippen LogP contribution in [0.1, 0.15) is 39.5 Å². The molecule has 0 radical (unpaired) electrons. The molecule has 0 aromatic heterocycles. The van der Waals surface area contributed by atoms with E-state index in [-0.39, 0.29) is 31.8 Å². The third-order valence-corrected chi connectivity index (χ3v) is 3.08. The van der Waals surface area contributed by atoms with Crippen LogP contribution in [0.3, 0.4) is 0 Å². The van der Waals surface area contributed by atoms with Crippen LogP contribution in [0.2, 0.25) is 0 Å². The summed E-state index contributed by atoms with van der Waals surface area (Å²) >= 11 is 0. The summed E-state index contributed by atoms with van der Waals surface area (Å²) in [6, 6.07) is -1.14. The molecule has 116 valence electrons. The van der Waals surface area contributed by atoms with E-state index in [1.54, 1.807) is 0 Å². The smallest absolute Gasteiger partial charge is 0.326 e. The van der Waals surface area contributed by atoms with Gasteiger partial charge in [0.15, 0.2) is 0 Å². The molecule has 4 N–H and O–H groups in total. The van der Waals surface area contributed by atoms with Gasteiger partial charge in [0.25, 0.3) is 0 Å². The highest BCUT2D eigenvalue weighted by Gasteiger charge is 2.30. The van der Waals surface area contributed by atoms with Crippen molar-refractivity contribution < 1.29 is 24.6 Å². The molecule has 1 unspecified atom stereocenters. The van der Waals surface area contributed by atoms with Crippen molar-refractivity contribution in [2.45, 2.75) is 45.6 Å². The van der Waals surface area contributed by atoms with Gasteiger partial charge in [-0.25, -0.2) is 4.79 Å². The quantitative estimate of drug-likeness (QED) is 0.539. The minimum Gasteiger partial charge on any atom is -0.481 e. The zero-order chi connectivity index (χ0) is 15.7. The molecule has 0 aromatic carbocycles. The van der Waals surface area contributed by atoms with Gasteiger partial charge >= 0.3 is 11.9 Å². The van der Waals surface area contributed by atoms with Crippen LogP contribution in [0.25, 0.3) is 0 Å². The second kappa shape index (κ2) is 9.30. The lowest BCUT2D eigenvalue weighted by Crippen LogP contribution is -2.49. The fourth-order valence-corrected chi connectivity index (χ4v) is 2.11. The summed E-state index contributed by atoms with van der Waals surface area (Å²) < 4.78 is 0. The lowest BCUT2D eigenvalue weighted by atomic mass is 10.0. The molecule has 0 aliphatic heterocycles. The fraction of sp³-hybridized carbons (Fsp3) is 0.769. The number of carboxylic acids is 2. The Labute approximate surface area is 118 Å². The summed E-state index contributed by atoms with van der Waals surface area (Å²) in [6.45, 7) is 3.93. The predicted molar refractivity (Wildman–Crippen MR) is 73.1 cm³/mol. The monoisotopic (exact) mass is 288 g/mol. The van der Waals surface area contributed by atoms with E-state index in [2.05, 4.69) is 0 Å². The molecule has 0 fully saturated rings. The Hall–Kier alpha value is -1.63. The van der Waals surface area contributed by atoms with Crippen molar-refractivity contribution in [1.29, 1.82) is 0 Å². The number of nitrogens with zero attached hydrogens (tertiary/aromatic N) is 1. The minimum absolute atomic E-state index is 0.116. The maximum absolute atomic E-state index is 11.8. The topological polar surface area (TPSA) is 121 Å². The summed E-state index contributed by atoms with van der Waals surface area (Å²) in [4.78, 5) is 34.9. The maximum Gasteiger partial charge on any atom is 0.326 e. The first kappa shape index (κ1) is 18.4. The van der Waals surface area contributed by atoms with Gasteiger partial charge in [-0.1, -0.05) is 20.3 Å². The lowest BCUT2D eigenvalue weighted by Gasteiger charge is -2.31. The number of carbonyl (C=O) groups is 3. The molecule has 0 aromatic rings. The Balaban J connectivity index is 4.96. The Kier molecular flexibility index (Phi) is 8.54. The van der Waals surface area contributed by atoms with E-state index in [9.17, 15) is 19.5 Å². The predicted octanol–water partition coefficient (Wildman–Crippen LogP) is 0.528. The largest absolute Gasteiger partial charge is 0.481 e. The molecule has 0 saturated heterocycles. The Morgan fingerprint density at radius 2 is 1.80 bits per heavy atom. The molecule has 0 saturated carbocycles. The standard InChI is InChI=1S/C13H24N2O5/c1-3-4-9(2)8-15(11(16)7-14)10(13(19)20)5-6-12(17)18/h9-10H,3-8,14H2,1-2H3,(H,17,18)(H,19,20)/t9?,10-/m0/s1. The van der Waals surface area contributed by atoms with E-state index >= 15 is 0 Å². The number of hydrogen-bond donors (Lipinski definition) is 3. The molecule has 0 spiro atoms. The first-order valence-electron chi connectivity index (χ1n) is 6.77. The van der Waals surface area contributed by atoms with Crippen LogP contribution in [0.4, 0.5) is 0 Å². The van der Waals surface area contributed by atoms with Crippen molar-refractivity contribution in [3.8, 4) is 0 Å². The van der Waals surface area contributed by atoms with Gasteiger partial charge in [-0.2, -0.15) is 0 Å². The highest BCUT2D eigenvalue weighted by Crippen LogP contribution is 2.14. The highest BCUT2D eigenvalue weighted by molar-refractivity contribution is 5.85. The third-order valence-electron chi connectivity index (χ3n) is 3.08. The van der Waals surface area contributed by atoms with Crippen LogP contribution >= 0.6 is 0 Å². The maximum atomic E-state index is 11.8. The molecule has 0 aliphatic carbocycles. The van der Waals surface area contributed by atoms with Crippen LogP contribution in [-0.4, -0.2) is 52.1 Å². The van der Waals surface area contributed by atoms with Crippen LogP contribution in [0, 0.1) is 5.92 Å². The zero-order valence-corrected chi connectivity index (χ0v) is 12.0. The second-order valence-electron chi connectivity index (χ2n) is 4.93. The Morgan fingerprint density at radius 3 is 2.20 bits per heavy atom. The van der Waals surface area contributed by atoms with Gasteiger partial charge in [0.05, 0.1) is 6.54 Å². The Bertz CT molecular complexity index is 346. The fourth-order valence-electron chi connectivity index (χ4n) is 2.11. The van der Waals surface area contributed by atoms with Gasteiger partial charge in [-0.3, -0.25) is 9.59 Å². The van der Waals surface area contributed by atoms with E-state index in [0.29, 0.717) is 0 Å². The molecule has 7 heteroatoms. The summed E-state index contributed by atoms with van der Waals surface area (Å²) in [5.41, 5.74) is 5.32. The summed E-state index contributed by atoms with van der Waals surface area (Å²) in [6.07, 6.45) is 1.38. The number of rotatable bonds is 10. The van der Waals surface area contributed by atoms with Gasteiger partial charge in [0.2, 0.25) is 5.91 Å². The summed E-state index contributed by atoms with van der Waals surface area (Å²) in [5, 5.41) is 17.9. The average molecular weight is 288 g/mol. The van der Waals surface area contributed by atoms with E-state index < -0.39 is 23.9 Å². The molecule has 0 aliphatic rings. The van der Waals surface area contributed by atoms with E-state index in [0.717, 1.165) is 12.8 Å². The van der Waals surface area contributed by atoms with E-state index in [1.165, 1.54) is 4.90 Å².